The van der Waals surface area contributed by atoms with Crippen molar-refractivity contribution in [1.29, 1.82) is 0 Å². The lowest BCUT2D eigenvalue weighted by atomic mass is 10.2. The van der Waals surface area contributed by atoms with Gasteiger partial charge in [-0.15, -0.1) is 0 Å². The molecule has 0 unspecified atom stereocenters. The number of nitrogens with one attached hydrogen (secondary N) is 1. The van der Waals surface area contributed by atoms with Crippen LogP contribution in [0.25, 0.3) is 5.69 Å². The minimum Gasteiger partial charge on any atom is -0.493 e. The van der Waals surface area contributed by atoms with E-state index in [2.05, 4.69) is 10.1 Å². The van der Waals surface area contributed by atoms with Gasteiger partial charge in [0.05, 0.1) is 37.7 Å². The number of H-pyrrole nitrogens is 1. The van der Waals surface area contributed by atoms with Crippen molar-refractivity contribution in [3.05, 3.63) is 56.2 Å². The Kier molecular flexibility index (Phi) is 4.71. The summed E-state index contributed by atoms with van der Waals surface area (Å²) in [7, 11) is 0. The highest BCUT2D eigenvalue weighted by Gasteiger charge is 2.19. The van der Waals surface area contributed by atoms with Gasteiger partial charge in [-0.25, -0.2) is 9.36 Å². The van der Waals surface area contributed by atoms with Crippen LogP contribution in [0, 0.1) is 6.92 Å². The lowest BCUT2D eigenvalue weighted by Crippen LogP contribution is -2.35. The van der Waals surface area contributed by atoms with E-state index in [1.165, 1.54) is 0 Å². The average molecular weight is 344 g/mol. The monoisotopic (exact) mass is 344 g/mol. The Bertz CT molecular complexity index is 906. The molecule has 0 aliphatic carbocycles. The molecule has 0 amide bonds. The van der Waals surface area contributed by atoms with Gasteiger partial charge in [-0.1, -0.05) is 17.7 Å². The maximum absolute atomic E-state index is 12.2. The topological polar surface area (TPSA) is 99.9 Å². The number of hydrazone groups is 1. The molecule has 1 fully saturated rings. The molecule has 8 nitrogen and oxygen atoms in total. The Labute approximate surface area is 144 Å². The number of nitrogens with zero attached hydrogens (tertiary/aromatic N) is 3. The van der Waals surface area contributed by atoms with Crippen molar-refractivity contribution in [2.75, 3.05) is 26.3 Å². The Morgan fingerprint density at radius 3 is 2.48 bits per heavy atom. The Hall–Kier alpha value is -2.87. The number of rotatable bonds is 3. The maximum atomic E-state index is 12.2. The molecule has 0 saturated carbocycles. The molecule has 1 saturated heterocycles. The van der Waals surface area contributed by atoms with Crippen molar-refractivity contribution >= 4 is 5.71 Å². The van der Waals surface area contributed by atoms with E-state index in [4.69, 9.17) is 4.74 Å². The highest BCUT2D eigenvalue weighted by Crippen LogP contribution is 2.18. The van der Waals surface area contributed by atoms with E-state index in [0.717, 1.165) is 10.1 Å². The number of morpholine rings is 1. The third-order valence-electron chi connectivity index (χ3n) is 4.02. The lowest BCUT2D eigenvalue weighted by molar-refractivity contribution is 0.0393. The molecule has 0 atom stereocenters. The summed E-state index contributed by atoms with van der Waals surface area (Å²) < 4.78 is 6.33. The van der Waals surface area contributed by atoms with Gasteiger partial charge >= 0.3 is 5.69 Å². The Morgan fingerprint density at radius 1 is 1.20 bits per heavy atom. The van der Waals surface area contributed by atoms with Crippen molar-refractivity contribution in [3.63, 3.8) is 0 Å². The molecule has 2 N–H and O–H groups in total. The zero-order valence-electron chi connectivity index (χ0n) is 14.2. The summed E-state index contributed by atoms with van der Waals surface area (Å²) in [5.41, 5.74) is 0.429. The van der Waals surface area contributed by atoms with Gasteiger partial charge in [0.15, 0.2) is 0 Å². The van der Waals surface area contributed by atoms with Crippen LogP contribution in [0.3, 0.4) is 0 Å². The van der Waals surface area contributed by atoms with Gasteiger partial charge in [-0.2, -0.15) is 5.10 Å². The summed E-state index contributed by atoms with van der Waals surface area (Å²) in [5, 5.41) is 16.7. The summed E-state index contributed by atoms with van der Waals surface area (Å²) >= 11 is 0. The standard InChI is InChI=1S/C17H20N4O4/c1-11-3-5-13(6-4-11)21-16(23)14(15(22)18-17(21)24)12(2)19-20-7-9-25-10-8-20/h3-6,23H,7-10H2,1-2H3,(H,18,22,24)/b19-12+. The van der Waals surface area contributed by atoms with Crippen LogP contribution in [-0.2, 0) is 4.74 Å². The smallest absolute Gasteiger partial charge is 0.335 e. The molecular formula is C17H20N4O4. The number of aromatic hydroxyl groups is 1. The summed E-state index contributed by atoms with van der Waals surface area (Å²) in [6.07, 6.45) is 0. The number of aryl methyl sites for hydroxylation is 1. The quantitative estimate of drug-likeness (QED) is 0.794. The van der Waals surface area contributed by atoms with E-state index < -0.39 is 17.1 Å². The van der Waals surface area contributed by atoms with E-state index in [-0.39, 0.29) is 5.56 Å². The number of aromatic nitrogens is 2. The predicted molar refractivity (Wildman–Crippen MR) is 93.7 cm³/mol. The minimum atomic E-state index is -0.700. The first-order valence-electron chi connectivity index (χ1n) is 8.01. The van der Waals surface area contributed by atoms with E-state index in [0.29, 0.717) is 37.7 Å². The second-order valence-electron chi connectivity index (χ2n) is 5.88. The molecule has 1 aromatic heterocycles. The van der Waals surface area contributed by atoms with Gasteiger partial charge in [-0.05, 0) is 26.0 Å². The van der Waals surface area contributed by atoms with Crippen LogP contribution in [0.5, 0.6) is 5.88 Å². The van der Waals surface area contributed by atoms with Crippen LogP contribution in [0.1, 0.15) is 18.1 Å². The van der Waals surface area contributed by atoms with Gasteiger partial charge in [0.1, 0.15) is 5.56 Å². The number of ether oxygens (including phenoxy) is 1. The van der Waals surface area contributed by atoms with Crippen LogP contribution in [0.4, 0.5) is 0 Å². The fourth-order valence-corrected chi connectivity index (χ4v) is 2.70. The summed E-state index contributed by atoms with van der Waals surface area (Å²) in [4.78, 5) is 26.7. The first-order chi connectivity index (χ1) is 12.0. The number of benzene rings is 1. The van der Waals surface area contributed by atoms with Gasteiger partial charge in [0.25, 0.3) is 5.56 Å². The fraction of sp³-hybridized carbons (Fsp3) is 0.353. The molecule has 25 heavy (non-hydrogen) atoms. The molecule has 2 aromatic rings. The summed E-state index contributed by atoms with van der Waals surface area (Å²) in [6.45, 7) is 5.87. The second kappa shape index (κ2) is 6.94. The number of hydrogen-bond donors (Lipinski definition) is 2. The summed E-state index contributed by atoms with van der Waals surface area (Å²) in [5.74, 6) is -0.424. The van der Waals surface area contributed by atoms with E-state index in [1.54, 1.807) is 24.1 Å². The van der Waals surface area contributed by atoms with Crippen LogP contribution in [0.15, 0.2) is 39.0 Å². The van der Waals surface area contributed by atoms with Crippen molar-refractivity contribution in [3.8, 4) is 11.6 Å². The molecule has 0 spiro atoms. The molecule has 0 bridgehead atoms. The van der Waals surface area contributed by atoms with Crippen LogP contribution < -0.4 is 11.2 Å². The first kappa shape index (κ1) is 17.0. The second-order valence-corrected chi connectivity index (χ2v) is 5.88. The van der Waals surface area contributed by atoms with Crippen LogP contribution in [-0.4, -0.2) is 51.7 Å². The van der Waals surface area contributed by atoms with Crippen LogP contribution >= 0.6 is 0 Å². The van der Waals surface area contributed by atoms with Gasteiger partial charge < -0.3 is 9.84 Å². The molecule has 0 radical (unpaired) electrons. The minimum absolute atomic E-state index is 0.0216. The molecule has 1 aliphatic heterocycles. The maximum Gasteiger partial charge on any atom is 0.335 e. The zero-order chi connectivity index (χ0) is 18.0. The fourth-order valence-electron chi connectivity index (χ4n) is 2.70. The Balaban J connectivity index is 2.09. The van der Waals surface area contributed by atoms with Gasteiger partial charge in [-0.3, -0.25) is 14.8 Å². The first-order valence-corrected chi connectivity index (χ1v) is 8.01. The van der Waals surface area contributed by atoms with Crippen molar-refractivity contribution < 1.29 is 9.84 Å². The number of hydrogen-bond acceptors (Lipinski definition) is 6. The number of aromatic amines is 1. The van der Waals surface area contributed by atoms with Gasteiger partial charge in [0.2, 0.25) is 5.88 Å². The van der Waals surface area contributed by atoms with Crippen LogP contribution in [0.2, 0.25) is 0 Å². The van der Waals surface area contributed by atoms with E-state index in [9.17, 15) is 14.7 Å². The molecule has 1 aliphatic rings. The third-order valence-corrected chi connectivity index (χ3v) is 4.02. The molecular weight excluding hydrogens is 324 g/mol. The third kappa shape index (κ3) is 3.48. The molecule has 3 rings (SSSR count). The van der Waals surface area contributed by atoms with E-state index >= 15 is 0 Å². The van der Waals surface area contributed by atoms with Gasteiger partial charge in [0, 0.05) is 0 Å². The van der Waals surface area contributed by atoms with Crippen molar-refractivity contribution in [2.24, 2.45) is 5.10 Å². The highest BCUT2D eigenvalue weighted by atomic mass is 16.5. The summed E-state index contributed by atoms with van der Waals surface area (Å²) in [6, 6.07) is 7.04. The molecule has 2 heterocycles. The van der Waals surface area contributed by atoms with E-state index in [1.807, 2.05) is 19.1 Å². The molecule has 132 valence electrons. The average Bonchev–Trinajstić information content (AvgIpc) is 2.57. The lowest BCUT2D eigenvalue weighted by Gasteiger charge is -2.24. The molecule has 1 aromatic carbocycles. The SMILES string of the molecule is C/C(=N\N1CCOCC1)c1c(O)n(-c2ccc(C)cc2)c(=O)[nH]c1=O. The largest absolute Gasteiger partial charge is 0.493 e. The molecule has 8 heteroatoms. The predicted octanol–water partition coefficient (Wildman–Crippen LogP) is 0.596. The normalized spacial score (nSPS) is 15.4. The Morgan fingerprint density at radius 2 is 1.84 bits per heavy atom. The van der Waals surface area contributed by atoms with Crippen molar-refractivity contribution in [1.82, 2.24) is 14.6 Å². The highest BCUT2D eigenvalue weighted by molar-refractivity contribution is 6.00. The van der Waals surface area contributed by atoms with Crippen molar-refractivity contribution in [2.45, 2.75) is 13.8 Å². The zero-order valence-corrected chi connectivity index (χ0v) is 14.2.